The van der Waals surface area contributed by atoms with E-state index < -0.39 is 10.3 Å². The van der Waals surface area contributed by atoms with Gasteiger partial charge in [0, 0.05) is 21.6 Å². The van der Waals surface area contributed by atoms with Gasteiger partial charge in [-0.05, 0) is 65.3 Å². The molecule has 0 unspecified atom stereocenters. The van der Waals surface area contributed by atoms with Crippen molar-refractivity contribution in [3.63, 3.8) is 0 Å². The van der Waals surface area contributed by atoms with Gasteiger partial charge in [-0.1, -0.05) is 43.3 Å². The van der Waals surface area contributed by atoms with Crippen LogP contribution in [0.4, 0.5) is 0 Å². The lowest BCUT2D eigenvalue weighted by molar-refractivity contribution is -0.131. The van der Waals surface area contributed by atoms with Crippen molar-refractivity contribution in [3.05, 3.63) is 84.9 Å². The fraction of sp³-hybridized carbons (Fsp3) is 0.174. The van der Waals surface area contributed by atoms with Crippen molar-refractivity contribution in [1.82, 2.24) is 0 Å². The molecule has 0 N–H and O–H groups in total. The van der Waals surface area contributed by atoms with E-state index in [4.69, 9.17) is 8.92 Å². The number of carbonyl (C=O) groups is 1. The number of ether oxygens (including phenoxy) is 1. The zero-order valence-corrected chi connectivity index (χ0v) is 16.4. The highest BCUT2D eigenvalue weighted by Gasteiger charge is 2.34. The van der Waals surface area contributed by atoms with E-state index in [1.54, 1.807) is 0 Å². The Labute approximate surface area is 162 Å². The molecule has 3 nitrogen and oxygen atoms in total. The second-order valence-electron chi connectivity index (χ2n) is 6.08. The monoisotopic (exact) mass is 380 g/mol. The summed E-state index contributed by atoms with van der Waals surface area (Å²) in [4.78, 5) is 15.1. The lowest BCUT2D eigenvalue weighted by Gasteiger charge is -2.39. The fourth-order valence-electron chi connectivity index (χ4n) is 2.90. The molecule has 0 aliphatic carbocycles. The van der Waals surface area contributed by atoms with E-state index in [0.717, 1.165) is 26.9 Å². The van der Waals surface area contributed by atoms with Crippen molar-refractivity contribution in [1.29, 1.82) is 0 Å². The predicted octanol–water partition coefficient (Wildman–Crippen LogP) is 6.24. The molecule has 0 heterocycles. The van der Waals surface area contributed by atoms with Crippen LogP contribution in [-0.2, 0) is 8.98 Å². The molecule has 3 aromatic rings. The van der Waals surface area contributed by atoms with Crippen molar-refractivity contribution >= 4 is 16.3 Å². The quantitative estimate of drug-likeness (QED) is 0.487. The number of hydrogen-bond acceptors (Lipinski definition) is 3. The first-order chi connectivity index (χ1) is 13.2. The molecule has 0 aliphatic rings. The Bertz CT molecular complexity index is 822. The molecular weight excluding hydrogens is 356 g/mol. The average molecular weight is 381 g/mol. The molecule has 3 aromatic carbocycles. The number of hydrogen-bond donors (Lipinski definition) is 0. The lowest BCUT2D eigenvalue weighted by Crippen LogP contribution is -2.11. The molecule has 0 fully saturated rings. The molecule has 0 bridgehead atoms. The zero-order chi connectivity index (χ0) is 19.1. The Kier molecular flexibility index (Phi) is 6.20. The highest BCUT2D eigenvalue weighted by molar-refractivity contribution is 8.30. The molecule has 0 aliphatic heterocycles. The van der Waals surface area contributed by atoms with E-state index >= 15 is 0 Å². The van der Waals surface area contributed by atoms with E-state index in [2.05, 4.69) is 6.92 Å². The van der Waals surface area contributed by atoms with E-state index in [1.165, 1.54) is 6.92 Å². The van der Waals surface area contributed by atoms with Gasteiger partial charge in [0.2, 0.25) is 0 Å². The van der Waals surface area contributed by atoms with Gasteiger partial charge in [-0.25, -0.2) is 0 Å². The van der Waals surface area contributed by atoms with E-state index in [0.29, 0.717) is 6.61 Å². The van der Waals surface area contributed by atoms with Crippen LogP contribution in [0.3, 0.4) is 0 Å². The molecule has 0 radical (unpaired) electrons. The highest BCUT2D eigenvalue weighted by atomic mass is 32.3. The summed E-state index contributed by atoms with van der Waals surface area (Å²) in [6.45, 7) is 4.22. The summed E-state index contributed by atoms with van der Waals surface area (Å²) in [6.07, 6.45) is 0.957. The van der Waals surface area contributed by atoms with Gasteiger partial charge < -0.3 is 8.92 Å². The first-order valence-electron chi connectivity index (χ1n) is 9.03. The molecule has 0 saturated carbocycles. The van der Waals surface area contributed by atoms with Gasteiger partial charge in [0.05, 0.1) is 6.61 Å². The molecule has 27 heavy (non-hydrogen) atoms. The fourth-order valence-corrected chi connectivity index (χ4v) is 5.96. The molecule has 0 atom stereocenters. The zero-order valence-electron chi connectivity index (χ0n) is 15.6. The molecule has 0 aromatic heterocycles. The summed E-state index contributed by atoms with van der Waals surface area (Å²) in [6, 6.07) is 27.8. The Hall–Kier alpha value is -2.72. The molecule has 0 saturated heterocycles. The van der Waals surface area contributed by atoms with Crippen molar-refractivity contribution in [2.75, 3.05) is 6.61 Å². The van der Waals surface area contributed by atoms with Crippen LogP contribution in [0, 0.1) is 0 Å². The second-order valence-corrected chi connectivity index (χ2v) is 8.77. The summed E-state index contributed by atoms with van der Waals surface area (Å²) < 4.78 is 11.8. The van der Waals surface area contributed by atoms with Crippen LogP contribution >= 0.6 is 10.3 Å². The lowest BCUT2D eigenvalue weighted by atomic mass is 10.3. The number of benzene rings is 3. The average Bonchev–Trinajstić information content (AvgIpc) is 2.72. The van der Waals surface area contributed by atoms with Gasteiger partial charge in [-0.3, -0.25) is 4.79 Å². The minimum Gasteiger partial charge on any atom is -0.494 e. The summed E-state index contributed by atoms with van der Waals surface area (Å²) in [7, 11) is -2.17. The third-order valence-corrected chi connectivity index (χ3v) is 7.31. The summed E-state index contributed by atoms with van der Waals surface area (Å²) in [5, 5.41) is 0. The molecular formula is C23H24O3S. The molecule has 0 spiro atoms. The third kappa shape index (κ3) is 4.17. The first kappa shape index (κ1) is 19.1. The van der Waals surface area contributed by atoms with Gasteiger partial charge >= 0.3 is 5.97 Å². The van der Waals surface area contributed by atoms with Crippen LogP contribution in [-0.4, -0.2) is 12.6 Å². The van der Waals surface area contributed by atoms with Gasteiger partial charge in [-0.2, -0.15) is 0 Å². The van der Waals surface area contributed by atoms with Crippen LogP contribution in [0.15, 0.2) is 99.6 Å². The minimum atomic E-state index is -2.17. The van der Waals surface area contributed by atoms with Gasteiger partial charge in [0.15, 0.2) is 0 Å². The minimum absolute atomic E-state index is 0.302. The van der Waals surface area contributed by atoms with Crippen molar-refractivity contribution in [2.24, 2.45) is 0 Å². The Morgan fingerprint density at radius 3 is 1.70 bits per heavy atom. The predicted molar refractivity (Wildman–Crippen MR) is 109 cm³/mol. The topological polar surface area (TPSA) is 35.5 Å². The van der Waals surface area contributed by atoms with Gasteiger partial charge in [-0.15, -0.1) is 0 Å². The number of carbonyl (C=O) groups excluding carboxylic acids is 1. The van der Waals surface area contributed by atoms with Crippen molar-refractivity contribution < 1.29 is 13.7 Å². The van der Waals surface area contributed by atoms with Crippen LogP contribution in [0.1, 0.15) is 20.3 Å². The summed E-state index contributed by atoms with van der Waals surface area (Å²) in [5.41, 5.74) is 0. The molecule has 0 amide bonds. The number of rotatable bonds is 7. The standard InChI is InChI=1S/C23H24O3S/c1-3-18-25-20-14-16-23(17-15-20)27(26-19(2)24,21-10-6-4-7-11-21)22-12-8-5-9-13-22/h4-17H,3,18H2,1-2H3. The van der Waals surface area contributed by atoms with Crippen LogP contribution in [0.2, 0.25) is 0 Å². The van der Waals surface area contributed by atoms with Crippen molar-refractivity contribution in [3.8, 4) is 5.75 Å². The Balaban J connectivity index is 2.18. The van der Waals surface area contributed by atoms with Crippen LogP contribution in [0.25, 0.3) is 0 Å². The maximum atomic E-state index is 12.2. The van der Waals surface area contributed by atoms with Gasteiger partial charge in [0.1, 0.15) is 5.75 Å². The van der Waals surface area contributed by atoms with Crippen LogP contribution < -0.4 is 4.74 Å². The summed E-state index contributed by atoms with van der Waals surface area (Å²) in [5.74, 6) is 0.516. The maximum absolute atomic E-state index is 12.2. The molecule has 140 valence electrons. The van der Waals surface area contributed by atoms with E-state index in [-0.39, 0.29) is 5.97 Å². The van der Waals surface area contributed by atoms with Gasteiger partial charge in [0.25, 0.3) is 0 Å². The Morgan fingerprint density at radius 2 is 1.26 bits per heavy atom. The summed E-state index contributed by atoms with van der Waals surface area (Å²) >= 11 is 0. The van der Waals surface area contributed by atoms with Crippen LogP contribution in [0.5, 0.6) is 5.75 Å². The SMILES string of the molecule is CCCOc1ccc(S(OC(C)=O)(c2ccccc2)c2ccccc2)cc1. The first-order valence-corrected chi connectivity index (χ1v) is 10.6. The second kappa shape index (κ2) is 8.78. The van der Waals surface area contributed by atoms with Crippen molar-refractivity contribution in [2.45, 2.75) is 35.0 Å². The highest BCUT2D eigenvalue weighted by Crippen LogP contribution is 2.69. The maximum Gasteiger partial charge on any atom is 0.313 e. The molecule has 3 rings (SSSR count). The molecule has 4 heteroatoms. The Morgan fingerprint density at radius 1 is 0.778 bits per heavy atom. The van der Waals surface area contributed by atoms with E-state index in [1.807, 2.05) is 84.9 Å². The smallest absolute Gasteiger partial charge is 0.313 e. The third-order valence-electron chi connectivity index (χ3n) is 4.02. The normalized spacial score (nSPS) is 11.6. The largest absolute Gasteiger partial charge is 0.494 e. The van der Waals surface area contributed by atoms with E-state index in [9.17, 15) is 4.79 Å².